The van der Waals surface area contributed by atoms with E-state index in [0.29, 0.717) is 31.0 Å². The van der Waals surface area contributed by atoms with Crippen LogP contribution in [0, 0.1) is 11.8 Å². The van der Waals surface area contributed by atoms with Crippen LogP contribution < -0.4 is 5.32 Å². The van der Waals surface area contributed by atoms with Crippen molar-refractivity contribution >= 4 is 10.2 Å². The Kier molecular flexibility index (Phi) is 3.76. The summed E-state index contributed by atoms with van der Waals surface area (Å²) in [4.78, 5) is 0. The Labute approximate surface area is 128 Å². The Morgan fingerprint density at radius 1 is 1.00 bits per heavy atom. The molecule has 0 spiro atoms. The molecule has 21 heavy (non-hydrogen) atoms. The fraction of sp³-hybridized carbons (Fsp3) is 1.00. The van der Waals surface area contributed by atoms with Crippen LogP contribution in [0.25, 0.3) is 0 Å². The number of piperidine rings is 2. The third kappa shape index (κ3) is 2.87. The third-order valence-corrected chi connectivity index (χ3v) is 7.89. The van der Waals surface area contributed by atoms with Gasteiger partial charge in [0.15, 0.2) is 0 Å². The van der Waals surface area contributed by atoms with Gasteiger partial charge in [-0.25, -0.2) is 0 Å². The number of nitrogens with one attached hydrogen (secondary N) is 1. The Morgan fingerprint density at radius 2 is 1.76 bits per heavy atom. The van der Waals surface area contributed by atoms with Crippen molar-refractivity contribution in [3.63, 3.8) is 0 Å². The van der Waals surface area contributed by atoms with Gasteiger partial charge in [-0.2, -0.15) is 17.0 Å². The number of rotatable bonds is 5. The van der Waals surface area contributed by atoms with Gasteiger partial charge in [0.25, 0.3) is 10.2 Å². The van der Waals surface area contributed by atoms with E-state index in [9.17, 15) is 8.42 Å². The molecule has 2 aliphatic carbocycles. The summed E-state index contributed by atoms with van der Waals surface area (Å²) in [5.41, 5.74) is 0. The molecule has 1 N–H and O–H groups in total. The second-order valence-corrected chi connectivity index (χ2v) is 9.32. The van der Waals surface area contributed by atoms with E-state index in [1.54, 1.807) is 4.31 Å². The molecule has 4 aliphatic rings. The van der Waals surface area contributed by atoms with Crippen molar-refractivity contribution in [2.75, 3.05) is 26.2 Å². The molecule has 2 heterocycles. The quantitative estimate of drug-likeness (QED) is 0.829. The van der Waals surface area contributed by atoms with Crippen LogP contribution in [0.15, 0.2) is 0 Å². The summed E-state index contributed by atoms with van der Waals surface area (Å²) >= 11 is 0. The van der Waals surface area contributed by atoms with Gasteiger partial charge in [-0.1, -0.05) is 0 Å². The van der Waals surface area contributed by atoms with Crippen molar-refractivity contribution in [1.82, 2.24) is 13.9 Å². The smallest absolute Gasteiger partial charge is 0.282 e. The van der Waals surface area contributed by atoms with Crippen LogP contribution in [0.1, 0.15) is 44.9 Å². The first-order valence-electron chi connectivity index (χ1n) is 8.63. The standard InChI is InChI=1S/C15H27N3O2S/c19-21(20,18-11-13-1-4-15(18)9-13)17-7-5-12(6-8-17)10-16-14-2-3-14/h12-16H,1-11H2. The zero-order valence-electron chi connectivity index (χ0n) is 12.7. The van der Waals surface area contributed by atoms with Crippen molar-refractivity contribution in [3.8, 4) is 0 Å². The molecule has 0 aromatic rings. The summed E-state index contributed by atoms with van der Waals surface area (Å²) in [5.74, 6) is 1.29. The fourth-order valence-corrected chi connectivity index (χ4v) is 6.21. The Morgan fingerprint density at radius 3 is 2.33 bits per heavy atom. The van der Waals surface area contributed by atoms with Gasteiger partial charge in [0, 0.05) is 31.7 Å². The predicted molar refractivity (Wildman–Crippen MR) is 82.1 cm³/mol. The van der Waals surface area contributed by atoms with Crippen LogP contribution in [0.5, 0.6) is 0 Å². The lowest BCUT2D eigenvalue weighted by atomic mass is 9.98. The van der Waals surface area contributed by atoms with Crippen LogP contribution in [0.2, 0.25) is 0 Å². The SMILES string of the molecule is O=S(=O)(N1CCC(CNC2CC2)CC1)N1CC2CCC1C2. The maximum atomic E-state index is 12.8. The number of nitrogens with zero attached hydrogens (tertiary/aromatic N) is 2. The molecule has 4 rings (SSSR count). The summed E-state index contributed by atoms with van der Waals surface area (Å²) in [6.45, 7) is 3.28. The number of hydrogen-bond donors (Lipinski definition) is 1. The lowest BCUT2D eigenvalue weighted by Crippen LogP contribution is -2.50. The average Bonchev–Trinajstić information content (AvgIpc) is 3.07. The van der Waals surface area contributed by atoms with Crippen molar-refractivity contribution in [3.05, 3.63) is 0 Å². The Bertz CT molecular complexity index is 483. The summed E-state index contributed by atoms with van der Waals surface area (Å²) in [7, 11) is -3.19. The molecule has 6 heteroatoms. The van der Waals surface area contributed by atoms with E-state index in [-0.39, 0.29) is 0 Å². The fourth-order valence-electron chi connectivity index (χ4n) is 4.28. The highest BCUT2D eigenvalue weighted by molar-refractivity contribution is 7.86. The molecule has 2 saturated carbocycles. The van der Waals surface area contributed by atoms with Gasteiger partial charge in [-0.3, -0.25) is 0 Å². The van der Waals surface area contributed by atoms with Gasteiger partial charge in [0.1, 0.15) is 0 Å². The summed E-state index contributed by atoms with van der Waals surface area (Å²) in [5, 5.41) is 3.58. The van der Waals surface area contributed by atoms with Crippen molar-refractivity contribution in [2.24, 2.45) is 11.8 Å². The van der Waals surface area contributed by atoms with E-state index < -0.39 is 10.2 Å². The first-order valence-corrected chi connectivity index (χ1v) is 10.0. The molecule has 2 unspecified atom stereocenters. The summed E-state index contributed by atoms with van der Waals surface area (Å²) in [6.07, 6.45) is 8.08. The van der Waals surface area contributed by atoms with Crippen LogP contribution in [-0.2, 0) is 10.2 Å². The van der Waals surface area contributed by atoms with E-state index in [2.05, 4.69) is 5.32 Å². The zero-order valence-corrected chi connectivity index (χ0v) is 13.5. The lowest BCUT2D eigenvalue weighted by molar-refractivity contribution is 0.237. The van der Waals surface area contributed by atoms with E-state index in [1.807, 2.05) is 4.31 Å². The van der Waals surface area contributed by atoms with Crippen molar-refractivity contribution in [2.45, 2.75) is 57.0 Å². The second-order valence-electron chi connectivity index (χ2n) is 7.44. The van der Waals surface area contributed by atoms with E-state index >= 15 is 0 Å². The monoisotopic (exact) mass is 313 g/mol. The first kappa shape index (κ1) is 14.4. The number of fused-ring (bicyclic) bond motifs is 2. The minimum Gasteiger partial charge on any atom is -0.314 e. The van der Waals surface area contributed by atoms with Gasteiger partial charge < -0.3 is 5.32 Å². The molecule has 0 aromatic heterocycles. The van der Waals surface area contributed by atoms with Crippen LogP contribution in [0.3, 0.4) is 0 Å². The maximum Gasteiger partial charge on any atom is 0.282 e. The van der Waals surface area contributed by atoms with E-state index in [0.717, 1.165) is 44.8 Å². The first-order chi connectivity index (χ1) is 10.1. The van der Waals surface area contributed by atoms with Crippen LogP contribution in [0.4, 0.5) is 0 Å². The normalized spacial score (nSPS) is 35.6. The molecule has 2 bridgehead atoms. The molecule has 2 atom stereocenters. The van der Waals surface area contributed by atoms with E-state index in [1.165, 1.54) is 19.3 Å². The summed E-state index contributed by atoms with van der Waals surface area (Å²) in [6, 6.07) is 1.06. The van der Waals surface area contributed by atoms with Gasteiger partial charge in [-0.15, -0.1) is 0 Å². The van der Waals surface area contributed by atoms with E-state index in [4.69, 9.17) is 0 Å². The number of hydrogen-bond acceptors (Lipinski definition) is 3. The highest BCUT2D eigenvalue weighted by Crippen LogP contribution is 2.40. The van der Waals surface area contributed by atoms with Crippen LogP contribution >= 0.6 is 0 Å². The van der Waals surface area contributed by atoms with Crippen molar-refractivity contribution in [1.29, 1.82) is 0 Å². The molecule has 0 radical (unpaired) electrons. The Hall–Kier alpha value is -0.170. The topological polar surface area (TPSA) is 52.7 Å². The minimum atomic E-state index is -3.19. The predicted octanol–water partition coefficient (Wildman–Crippen LogP) is 1.18. The molecular formula is C15H27N3O2S. The maximum absolute atomic E-state index is 12.8. The van der Waals surface area contributed by atoms with Gasteiger partial charge in [0.05, 0.1) is 0 Å². The largest absolute Gasteiger partial charge is 0.314 e. The molecule has 2 aliphatic heterocycles. The third-order valence-electron chi connectivity index (χ3n) is 5.83. The molecule has 0 aromatic carbocycles. The van der Waals surface area contributed by atoms with Gasteiger partial charge in [-0.05, 0) is 63.3 Å². The van der Waals surface area contributed by atoms with Crippen molar-refractivity contribution < 1.29 is 8.42 Å². The lowest BCUT2D eigenvalue weighted by Gasteiger charge is -2.36. The minimum absolute atomic E-state index is 0.300. The van der Waals surface area contributed by atoms with Gasteiger partial charge >= 0.3 is 0 Å². The molecule has 0 amide bonds. The average molecular weight is 313 g/mol. The molecule has 4 fully saturated rings. The molecule has 120 valence electrons. The molecular weight excluding hydrogens is 286 g/mol. The molecule has 5 nitrogen and oxygen atoms in total. The van der Waals surface area contributed by atoms with Gasteiger partial charge in [0.2, 0.25) is 0 Å². The highest BCUT2D eigenvalue weighted by atomic mass is 32.2. The van der Waals surface area contributed by atoms with Crippen LogP contribution in [-0.4, -0.2) is 55.3 Å². The second kappa shape index (κ2) is 5.48. The highest BCUT2D eigenvalue weighted by Gasteiger charge is 2.46. The zero-order chi connectivity index (χ0) is 14.4. The Balaban J connectivity index is 1.32. The summed E-state index contributed by atoms with van der Waals surface area (Å²) < 4.78 is 29.2. The molecule has 2 saturated heterocycles.